The normalized spacial score (nSPS) is 9.75. The predicted octanol–water partition coefficient (Wildman–Crippen LogP) is 1.34. The van der Waals surface area contributed by atoms with Gasteiger partial charge in [0.15, 0.2) is 10.7 Å². The molecule has 0 saturated heterocycles. The maximum Gasteiger partial charge on any atom is 0.355 e. The van der Waals surface area contributed by atoms with Crippen LogP contribution in [0, 0.1) is 0 Å². The fraction of sp³-hybridized carbons (Fsp3) is 0.167. The molecule has 1 aromatic heterocycles. The minimum atomic E-state index is -1.11. The molecule has 0 spiro atoms. The zero-order valence-corrected chi connectivity index (χ0v) is 7.74. The van der Waals surface area contributed by atoms with E-state index in [0.29, 0.717) is 0 Å². The molecular weight excluding hydrogens is 198 g/mol. The van der Waals surface area contributed by atoms with E-state index in [1.165, 1.54) is 5.38 Å². The number of nitrogens with zero attached hydrogens (tertiary/aromatic N) is 1. The Morgan fingerprint density at radius 3 is 2.75 bits per heavy atom. The van der Waals surface area contributed by atoms with Crippen LogP contribution >= 0.6 is 23.1 Å². The summed E-state index contributed by atoms with van der Waals surface area (Å²) in [6.45, 7) is 0. The number of thiazole rings is 1. The van der Waals surface area contributed by atoms with Gasteiger partial charge in [-0.1, -0.05) is 11.8 Å². The molecule has 1 aromatic rings. The van der Waals surface area contributed by atoms with Gasteiger partial charge in [-0.2, -0.15) is 0 Å². The molecule has 0 unspecified atom stereocenters. The molecule has 0 fully saturated rings. The molecule has 0 saturated carbocycles. The second-order valence-electron chi connectivity index (χ2n) is 1.83. The summed E-state index contributed by atoms with van der Waals surface area (Å²) in [5.41, 5.74) is -0.0719. The molecule has 1 rings (SSSR count). The van der Waals surface area contributed by atoms with Crippen LogP contribution in [0.5, 0.6) is 0 Å². The van der Waals surface area contributed by atoms with Gasteiger partial charge >= 0.3 is 5.97 Å². The van der Waals surface area contributed by atoms with Crippen LogP contribution in [0.4, 0.5) is 0 Å². The van der Waals surface area contributed by atoms with Gasteiger partial charge in [-0.25, -0.2) is 9.78 Å². The van der Waals surface area contributed by atoms with Gasteiger partial charge in [0.2, 0.25) is 5.12 Å². The standard InChI is InChI=1S/C6H5NO3S2/c1-11-6(10)4-7-3(2-12-4)5(8)9/h2H,1H3,(H,8,9). The number of carbonyl (C=O) groups excluding carboxylic acids is 1. The van der Waals surface area contributed by atoms with E-state index in [4.69, 9.17) is 5.11 Å². The number of carboxylic acid groups (broad SMARTS) is 1. The molecular formula is C6H5NO3S2. The number of hydrogen-bond donors (Lipinski definition) is 1. The van der Waals surface area contributed by atoms with E-state index in [1.54, 1.807) is 6.26 Å². The molecule has 0 aromatic carbocycles. The molecule has 6 heteroatoms. The number of hydrogen-bond acceptors (Lipinski definition) is 5. The van der Waals surface area contributed by atoms with Gasteiger partial charge in [0.25, 0.3) is 0 Å². The van der Waals surface area contributed by atoms with Crippen LogP contribution in [0.1, 0.15) is 20.3 Å². The lowest BCUT2D eigenvalue weighted by Crippen LogP contribution is -1.98. The average Bonchev–Trinajstić information content (AvgIpc) is 2.51. The van der Waals surface area contributed by atoms with E-state index in [1.807, 2.05) is 0 Å². The number of carboxylic acids is 1. The summed E-state index contributed by atoms with van der Waals surface area (Å²) in [4.78, 5) is 24.9. The van der Waals surface area contributed by atoms with E-state index in [-0.39, 0.29) is 15.8 Å². The van der Waals surface area contributed by atoms with Crippen molar-refractivity contribution in [1.82, 2.24) is 4.98 Å². The Hall–Kier alpha value is -0.880. The summed E-state index contributed by atoms with van der Waals surface area (Å²) in [5.74, 6) is -1.11. The first-order valence-corrected chi connectivity index (χ1v) is 5.02. The Morgan fingerprint density at radius 2 is 2.33 bits per heavy atom. The minimum Gasteiger partial charge on any atom is -0.476 e. The fourth-order valence-corrected chi connectivity index (χ4v) is 1.79. The summed E-state index contributed by atoms with van der Waals surface area (Å²) in [6, 6.07) is 0. The van der Waals surface area contributed by atoms with Gasteiger partial charge in [0.1, 0.15) is 0 Å². The van der Waals surface area contributed by atoms with Crippen molar-refractivity contribution in [2.45, 2.75) is 0 Å². The van der Waals surface area contributed by atoms with Crippen molar-refractivity contribution >= 4 is 34.2 Å². The molecule has 0 aliphatic rings. The van der Waals surface area contributed by atoms with Crippen molar-refractivity contribution in [3.05, 3.63) is 16.1 Å². The predicted molar refractivity (Wildman–Crippen MR) is 46.9 cm³/mol. The number of rotatable bonds is 2. The molecule has 0 amide bonds. The summed E-state index contributed by atoms with van der Waals surface area (Å²) in [5, 5.41) is 9.87. The zero-order chi connectivity index (χ0) is 9.14. The molecule has 1 heterocycles. The van der Waals surface area contributed by atoms with Crippen molar-refractivity contribution < 1.29 is 14.7 Å². The summed E-state index contributed by atoms with van der Waals surface area (Å²) in [7, 11) is 0. The van der Waals surface area contributed by atoms with Crippen molar-refractivity contribution in [3.63, 3.8) is 0 Å². The molecule has 12 heavy (non-hydrogen) atoms. The highest BCUT2D eigenvalue weighted by Crippen LogP contribution is 2.14. The van der Waals surface area contributed by atoms with Crippen LogP contribution in [0.25, 0.3) is 0 Å². The van der Waals surface area contributed by atoms with E-state index in [9.17, 15) is 9.59 Å². The van der Waals surface area contributed by atoms with Crippen molar-refractivity contribution in [2.24, 2.45) is 0 Å². The highest BCUT2D eigenvalue weighted by molar-refractivity contribution is 8.13. The van der Waals surface area contributed by atoms with Gasteiger partial charge in [-0.15, -0.1) is 11.3 Å². The Morgan fingerprint density at radius 1 is 1.67 bits per heavy atom. The van der Waals surface area contributed by atoms with Crippen LogP contribution in [0.15, 0.2) is 5.38 Å². The first kappa shape index (κ1) is 9.21. The van der Waals surface area contributed by atoms with Crippen molar-refractivity contribution in [3.8, 4) is 0 Å². The van der Waals surface area contributed by atoms with Gasteiger partial charge in [-0.3, -0.25) is 4.79 Å². The first-order valence-electron chi connectivity index (χ1n) is 2.92. The lowest BCUT2D eigenvalue weighted by atomic mass is 10.5. The molecule has 0 aliphatic carbocycles. The third-order valence-electron chi connectivity index (χ3n) is 1.08. The molecule has 0 aliphatic heterocycles. The van der Waals surface area contributed by atoms with E-state index in [2.05, 4.69) is 4.98 Å². The maximum atomic E-state index is 11.0. The largest absolute Gasteiger partial charge is 0.476 e. The Bertz CT molecular complexity index is 320. The summed E-state index contributed by atoms with van der Waals surface area (Å²) in [6.07, 6.45) is 1.63. The Kier molecular flexibility index (Phi) is 2.83. The van der Waals surface area contributed by atoms with Gasteiger partial charge < -0.3 is 5.11 Å². The van der Waals surface area contributed by atoms with Crippen LogP contribution in [-0.2, 0) is 0 Å². The minimum absolute atomic E-state index is 0.0719. The second-order valence-corrected chi connectivity index (χ2v) is 3.47. The van der Waals surface area contributed by atoms with E-state index >= 15 is 0 Å². The van der Waals surface area contributed by atoms with Gasteiger partial charge in [0.05, 0.1) is 0 Å². The van der Waals surface area contributed by atoms with Gasteiger partial charge in [0, 0.05) is 5.38 Å². The average molecular weight is 203 g/mol. The monoisotopic (exact) mass is 203 g/mol. The van der Waals surface area contributed by atoms with E-state index < -0.39 is 5.97 Å². The number of thioether (sulfide) groups is 1. The third-order valence-corrected chi connectivity index (χ3v) is 2.62. The highest BCUT2D eigenvalue weighted by atomic mass is 32.2. The quantitative estimate of drug-likeness (QED) is 0.785. The molecule has 0 radical (unpaired) electrons. The molecule has 0 bridgehead atoms. The molecule has 4 nitrogen and oxygen atoms in total. The van der Waals surface area contributed by atoms with Crippen LogP contribution < -0.4 is 0 Å². The maximum absolute atomic E-state index is 11.0. The lowest BCUT2D eigenvalue weighted by Gasteiger charge is -1.86. The number of aromatic carboxylic acids is 1. The second kappa shape index (κ2) is 3.68. The Balaban J connectivity index is 2.91. The highest BCUT2D eigenvalue weighted by Gasteiger charge is 2.13. The van der Waals surface area contributed by atoms with Crippen molar-refractivity contribution in [1.29, 1.82) is 0 Å². The SMILES string of the molecule is CSC(=O)c1nc(C(=O)O)cs1. The van der Waals surface area contributed by atoms with Crippen LogP contribution in [-0.4, -0.2) is 27.4 Å². The van der Waals surface area contributed by atoms with E-state index in [0.717, 1.165) is 23.1 Å². The van der Waals surface area contributed by atoms with Crippen LogP contribution in [0.3, 0.4) is 0 Å². The molecule has 64 valence electrons. The number of carbonyl (C=O) groups is 2. The first-order chi connectivity index (χ1) is 5.65. The summed E-state index contributed by atoms with van der Waals surface area (Å²) < 4.78 is 0. The lowest BCUT2D eigenvalue weighted by molar-refractivity contribution is 0.0691. The summed E-state index contributed by atoms with van der Waals surface area (Å²) >= 11 is 2.07. The van der Waals surface area contributed by atoms with Crippen molar-refractivity contribution in [2.75, 3.05) is 6.26 Å². The molecule has 0 atom stereocenters. The van der Waals surface area contributed by atoms with Gasteiger partial charge in [-0.05, 0) is 6.26 Å². The smallest absolute Gasteiger partial charge is 0.355 e. The third kappa shape index (κ3) is 1.83. The van der Waals surface area contributed by atoms with Crippen LogP contribution in [0.2, 0.25) is 0 Å². The topological polar surface area (TPSA) is 67.3 Å². The number of aromatic nitrogens is 1. The molecule has 1 N–H and O–H groups in total. The zero-order valence-electron chi connectivity index (χ0n) is 6.10. The Labute approximate surface area is 76.6 Å². The fourth-order valence-electron chi connectivity index (χ4n) is 0.553.